The van der Waals surface area contributed by atoms with Gasteiger partial charge in [0.2, 0.25) is 0 Å². The lowest BCUT2D eigenvalue weighted by molar-refractivity contribution is -0.163. The van der Waals surface area contributed by atoms with Crippen LogP contribution in [0.15, 0.2) is 30.3 Å². The first-order chi connectivity index (χ1) is 9.54. The van der Waals surface area contributed by atoms with Crippen LogP contribution in [-0.2, 0) is 20.9 Å². The molecular formula is C17H22O3. The van der Waals surface area contributed by atoms with Crippen LogP contribution in [0.3, 0.4) is 0 Å². The van der Waals surface area contributed by atoms with Gasteiger partial charge in [-0.25, -0.2) is 0 Å². The third-order valence-electron chi connectivity index (χ3n) is 4.42. The van der Waals surface area contributed by atoms with E-state index in [-0.39, 0.29) is 17.7 Å². The first-order valence-corrected chi connectivity index (χ1v) is 7.27. The molecule has 3 heteroatoms. The van der Waals surface area contributed by atoms with Crippen molar-refractivity contribution < 1.29 is 14.3 Å². The summed E-state index contributed by atoms with van der Waals surface area (Å²) in [5, 5.41) is 0. The number of esters is 1. The number of carbonyl (C=O) groups excluding carboxylic acids is 2. The molecule has 0 aliphatic heterocycles. The zero-order chi connectivity index (χ0) is 14.6. The molecule has 1 aromatic rings. The fourth-order valence-corrected chi connectivity index (χ4v) is 2.86. The SMILES string of the molecule is CC(C)C1(C(=O)OCc2ccccc2)CCC(=O)CC1. The van der Waals surface area contributed by atoms with Gasteiger partial charge in [0.25, 0.3) is 0 Å². The molecule has 1 aliphatic carbocycles. The van der Waals surface area contributed by atoms with Gasteiger partial charge in [0, 0.05) is 12.8 Å². The van der Waals surface area contributed by atoms with Gasteiger partial charge in [-0.05, 0) is 24.3 Å². The molecule has 2 rings (SSSR count). The molecule has 0 amide bonds. The number of ether oxygens (including phenoxy) is 1. The lowest BCUT2D eigenvalue weighted by atomic mass is 9.67. The zero-order valence-electron chi connectivity index (χ0n) is 12.2. The molecule has 0 heterocycles. The van der Waals surface area contributed by atoms with Crippen molar-refractivity contribution in [3.05, 3.63) is 35.9 Å². The second-order valence-corrected chi connectivity index (χ2v) is 5.91. The van der Waals surface area contributed by atoms with Crippen molar-refractivity contribution in [2.45, 2.75) is 46.1 Å². The molecule has 0 unspecified atom stereocenters. The molecule has 0 radical (unpaired) electrons. The summed E-state index contributed by atoms with van der Waals surface area (Å²) in [6, 6.07) is 9.69. The van der Waals surface area contributed by atoms with Crippen LogP contribution in [0, 0.1) is 11.3 Å². The van der Waals surface area contributed by atoms with Gasteiger partial charge in [-0.3, -0.25) is 9.59 Å². The minimum absolute atomic E-state index is 0.149. The standard InChI is InChI=1S/C17H22O3/c1-13(2)17(10-8-15(18)9-11-17)16(19)20-12-14-6-4-3-5-7-14/h3-7,13H,8-12H2,1-2H3. The maximum atomic E-state index is 12.5. The van der Waals surface area contributed by atoms with Gasteiger partial charge in [0.1, 0.15) is 12.4 Å². The Kier molecular flexibility index (Phi) is 4.58. The topological polar surface area (TPSA) is 43.4 Å². The number of ketones is 1. The maximum Gasteiger partial charge on any atom is 0.312 e. The van der Waals surface area contributed by atoms with Gasteiger partial charge in [0.05, 0.1) is 5.41 Å². The average molecular weight is 274 g/mol. The molecule has 0 spiro atoms. The lowest BCUT2D eigenvalue weighted by Crippen LogP contribution is -2.41. The first kappa shape index (κ1) is 14.8. The molecule has 1 aromatic carbocycles. The summed E-state index contributed by atoms with van der Waals surface area (Å²) in [5.74, 6) is 0.305. The van der Waals surface area contributed by atoms with Crippen molar-refractivity contribution in [1.29, 1.82) is 0 Å². The highest BCUT2D eigenvalue weighted by Crippen LogP contribution is 2.42. The maximum absolute atomic E-state index is 12.5. The average Bonchev–Trinajstić information content (AvgIpc) is 2.46. The van der Waals surface area contributed by atoms with Gasteiger partial charge in [-0.1, -0.05) is 44.2 Å². The summed E-state index contributed by atoms with van der Waals surface area (Å²) < 4.78 is 5.52. The number of carbonyl (C=O) groups is 2. The van der Waals surface area contributed by atoms with Crippen LogP contribution in [0.5, 0.6) is 0 Å². The van der Waals surface area contributed by atoms with Crippen LogP contribution >= 0.6 is 0 Å². The molecule has 1 fully saturated rings. The van der Waals surface area contributed by atoms with Gasteiger partial charge in [-0.15, -0.1) is 0 Å². The van der Waals surface area contributed by atoms with Crippen molar-refractivity contribution in [1.82, 2.24) is 0 Å². The Hall–Kier alpha value is -1.64. The fourth-order valence-electron chi connectivity index (χ4n) is 2.86. The van der Waals surface area contributed by atoms with Gasteiger partial charge < -0.3 is 4.74 Å². The Labute approximate surface area is 120 Å². The third kappa shape index (κ3) is 3.09. The number of benzene rings is 1. The Balaban J connectivity index is 2.03. The van der Waals surface area contributed by atoms with Crippen LogP contribution in [0.2, 0.25) is 0 Å². The van der Waals surface area contributed by atoms with Crippen LogP contribution < -0.4 is 0 Å². The van der Waals surface area contributed by atoms with Crippen molar-refractivity contribution >= 4 is 11.8 Å². The predicted octanol–water partition coefficient (Wildman–Crippen LogP) is 3.52. The summed E-state index contributed by atoms with van der Waals surface area (Å²) in [5.41, 5.74) is 0.509. The van der Waals surface area contributed by atoms with Crippen molar-refractivity contribution in [2.75, 3.05) is 0 Å². The third-order valence-corrected chi connectivity index (χ3v) is 4.42. The van der Waals surface area contributed by atoms with Crippen molar-refractivity contribution in [3.8, 4) is 0 Å². The number of hydrogen-bond acceptors (Lipinski definition) is 3. The van der Waals surface area contributed by atoms with E-state index in [4.69, 9.17) is 4.74 Å². The van der Waals surface area contributed by atoms with Crippen LogP contribution in [0.25, 0.3) is 0 Å². The predicted molar refractivity (Wildman–Crippen MR) is 77.0 cm³/mol. The second kappa shape index (κ2) is 6.21. The number of hydrogen-bond donors (Lipinski definition) is 0. The molecule has 0 N–H and O–H groups in total. The van der Waals surface area contributed by atoms with E-state index in [1.54, 1.807) is 0 Å². The Morgan fingerprint density at radius 1 is 1.20 bits per heavy atom. The monoisotopic (exact) mass is 274 g/mol. The van der Waals surface area contributed by atoms with Gasteiger partial charge in [0.15, 0.2) is 0 Å². The second-order valence-electron chi connectivity index (χ2n) is 5.91. The molecule has 0 saturated heterocycles. The van der Waals surface area contributed by atoms with E-state index in [0.29, 0.717) is 32.3 Å². The van der Waals surface area contributed by atoms with Crippen LogP contribution in [0.4, 0.5) is 0 Å². The van der Waals surface area contributed by atoms with E-state index in [0.717, 1.165) is 5.56 Å². The van der Waals surface area contributed by atoms with Crippen molar-refractivity contribution in [2.24, 2.45) is 11.3 Å². The van der Waals surface area contributed by atoms with Crippen molar-refractivity contribution in [3.63, 3.8) is 0 Å². The highest BCUT2D eigenvalue weighted by atomic mass is 16.5. The van der Waals surface area contributed by atoms with Gasteiger partial charge in [-0.2, -0.15) is 0 Å². The minimum Gasteiger partial charge on any atom is -0.460 e. The number of rotatable bonds is 4. The van der Waals surface area contributed by atoms with Gasteiger partial charge >= 0.3 is 5.97 Å². The van der Waals surface area contributed by atoms with Crippen LogP contribution in [0.1, 0.15) is 45.1 Å². The quantitative estimate of drug-likeness (QED) is 0.789. The van der Waals surface area contributed by atoms with E-state index < -0.39 is 5.41 Å². The number of Topliss-reactive ketones (excluding diaryl/α,β-unsaturated/α-hetero) is 1. The Morgan fingerprint density at radius 3 is 2.35 bits per heavy atom. The summed E-state index contributed by atoms with van der Waals surface area (Å²) in [6.45, 7) is 4.39. The minimum atomic E-state index is -0.483. The van der Waals surface area contributed by atoms with E-state index >= 15 is 0 Å². The highest BCUT2D eigenvalue weighted by molar-refractivity contribution is 5.84. The normalized spacial score (nSPS) is 18.1. The molecule has 1 aliphatic rings. The summed E-state index contributed by atoms with van der Waals surface area (Å²) in [7, 11) is 0. The largest absolute Gasteiger partial charge is 0.460 e. The molecule has 0 bridgehead atoms. The molecule has 1 saturated carbocycles. The fraction of sp³-hybridized carbons (Fsp3) is 0.529. The molecule has 3 nitrogen and oxygen atoms in total. The first-order valence-electron chi connectivity index (χ1n) is 7.27. The lowest BCUT2D eigenvalue weighted by Gasteiger charge is -2.37. The van der Waals surface area contributed by atoms with E-state index in [1.165, 1.54) is 0 Å². The molecular weight excluding hydrogens is 252 g/mol. The summed E-state index contributed by atoms with van der Waals surface area (Å²) >= 11 is 0. The Morgan fingerprint density at radius 2 is 1.80 bits per heavy atom. The van der Waals surface area contributed by atoms with E-state index in [2.05, 4.69) is 0 Å². The highest BCUT2D eigenvalue weighted by Gasteiger charge is 2.45. The van der Waals surface area contributed by atoms with E-state index in [1.807, 2.05) is 44.2 Å². The smallest absolute Gasteiger partial charge is 0.312 e. The molecule has 0 aromatic heterocycles. The summed E-state index contributed by atoms with van der Waals surface area (Å²) in [4.78, 5) is 23.9. The molecule has 108 valence electrons. The zero-order valence-corrected chi connectivity index (χ0v) is 12.2. The molecule has 20 heavy (non-hydrogen) atoms. The van der Waals surface area contributed by atoms with Crippen LogP contribution in [-0.4, -0.2) is 11.8 Å². The van der Waals surface area contributed by atoms with E-state index in [9.17, 15) is 9.59 Å². The molecule has 0 atom stereocenters. The Bertz CT molecular complexity index is 466. The summed E-state index contributed by atoms with van der Waals surface area (Å²) in [6.07, 6.45) is 2.24.